The summed E-state index contributed by atoms with van der Waals surface area (Å²) in [7, 11) is 0. The first kappa shape index (κ1) is 15.1. The number of hydrogen-bond donors (Lipinski definition) is 0. The number of hydrogen-bond acceptors (Lipinski definition) is 2. The van der Waals surface area contributed by atoms with Gasteiger partial charge in [-0.2, -0.15) is 0 Å². The van der Waals surface area contributed by atoms with Gasteiger partial charge < -0.3 is 4.74 Å². The van der Waals surface area contributed by atoms with E-state index >= 15 is 0 Å². The van der Waals surface area contributed by atoms with Crippen molar-refractivity contribution in [3.05, 3.63) is 28.2 Å². The van der Waals surface area contributed by atoms with Gasteiger partial charge >= 0.3 is 0 Å². The molecule has 1 fully saturated rings. The van der Waals surface area contributed by atoms with Gasteiger partial charge in [-0.15, -0.1) is 0 Å². The highest BCUT2D eigenvalue weighted by Crippen LogP contribution is 2.43. The van der Waals surface area contributed by atoms with E-state index in [9.17, 15) is 4.79 Å². The molecule has 2 atom stereocenters. The molecule has 3 rings (SSSR count). The molecular formula is C18H23BrO2. The molecule has 0 N–H and O–H groups in total. The van der Waals surface area contributed by atoms with Crippen molar-refractivity contribution in [1.82, 2.24) is 0 Å². The minimum Gasteiger partial charge on any atom is -0.486 e. The van der Waals surface area contributed by atoms with Gasteiger partial charge in [0, 0.05) is 4.47 Å². The van der Waals surface area contributed by atoms with Crippen LogP contribution in [0.4, 0.5) is 0 Å². The van der Waals surface area contributed by atoms with Crippen LogP contribution in [0, 0.1) is 11.8 Å². The summed E-state index contributed by atoms with van der Waals surface area (Å²) in [6.45, 7) is 4.62. The van der Waals surface area contributed by atoms with E-state index in [0.717, 1.165) is 40.5 Å². The first-order valence-electron chi connectivity index (χ1n) is 8.01. The monoisotopic (exact) mass is 350 g/mol. The fraction of sp³-hybridized carbons (Fsp3) is 0.611. The minimum absolute atomic E-state index is 0.237. The van der Waals surface area contributed by atoms with E-state index in [0.29, 0.717) is 6.42 Å². The fourth-order valence-electron chi connectivity index (χ4n) is 3.82. The SMILES string of the molecule is CC(C)C1CCCC2(CC1)CC(=O)c1cc(Br)ccc1O2. The molecule has 1 aromatic carbocycles. The van der Waals surface area contributed by atoms with Crippen LogP contribution < -0.4 is 4.74 Å². The standard InChI is InChI=1S/C18H23BrO2/c1-12(2)13-4-3-8-18(9-7-13)11-16(20)15-10-14(19)5-6-17(15)21-18/h5-6,10,12-13H,3-4,7-9,11H2,1-2H3. The number of ether oxygens (including phenoxy) is 1. The molecule has 0 amide bonds. The van der Waals surface area contributed by atoms with Crippen molar-refractivity contribution in [1.29, 1.82) is 0 Å². The van der Waals surface area contributed by atoms with Crippen LogP contribution in [0.1, 0.15) is 62.7 Å². The number of carbonyl (C=O) groups is 1. The van der Waals surface area contributed by atoms with Crippen molar-refractivity contribution in [3.8, 4) is 5.75 Å². The van der Waals surface area contributed by atoms with E-state index in [2.05, 4.69) is 29.8 Å². The summed E-state index contributed by atoms with van der Waals surface area (Å²) in [5.41, 5.74) is 0.487. The highest BCUT2D eigenvalue weighted by atomic mass is 79.9. The zero-order valence-electron chi connectivity index (χ0n) is 12.8. The maximum atomic E-state index is 12.5. The van der Waals surface area contributed by atoms with Gasteiger partial charge in [0.2, 0.25) is 0 Å². The Bertz CT molecular complexity index is 552. The molecule has 1 heterocycles. The molecule has 2 aliphatic rings. The van der Waals surface area contributed by atoms with Gasteiger partial charge in [-0.05, 0) is 55.7 Å². The molecule has 0 radical (unpaired) electrons. The second kappa shape index (κ2) is 5.75. The maximum absolute atomic E-state index is 12.5. The van der Waals surface area contributed by atoms with Crippen LogP contribution >= 0.6 is 15.9 Å². The number of benzene rings is 1. The van der Waals surface area contributed by atoms with E-state index in [1.807, 2.05) is 18.2 Å². The molecule has 1 aliphatic carbocycles. The van der Waals surface area contributed by atoms with Gasteiger partial charge in [0.05, 0.1) is 12.0 Å². The van der Waals surface area contributed by atoms with Crippen molar-refractivity contribution in [2.24, 2.45) is 11.8 Å². The topological polar surface area (TPSA) is 26.3 Å². The van der Waals surface area contributed by atoms with Crippen molar-refractivity contribution in [3.63, 3.8) is 0 Å². The zero-order valence-corrected chi connectivity index (χ0v) is 14.4. The first-order chi connectivity index (χ1) is 9.99. The lowest BCUT2D eigenvalue weighted by molar-refractivity contribution is 0.0286. The van der Waals surface area contributed by atoms with Gasteiger partial charge in [-0.1, -0.05) is 36.2 Å². The molecule has 2 nitrogen and oxygen atoms in total. The highest BCUT2D eigenvalue weighted by molar-refractivity contribution is 9.10. The summed E-state index contributed by atoms with van der Waals surface area (Å²) in [6, 6.07) is 5.78. The number of rotatable bonds is 1. The Labute approximate surface area is 135 Å². The molecule has 3 heteroatoms. The molecule has 1 aliphatic heterocycles. The first-order valence-corrected chi connectivity index (χ1v) is 8.80. The van der Waals surface area contributed by atoms with Crippen LogP contribution in [-0.4, -0.2) is 11.4 Å². The number of fused-ring (bicyclic) bond motifs is 1. The van der Waals surface area contributed by atoms with Crippen molar-refractivity contribution >= 4 is 21.7 Å². The minimum atomic E-state index is -0.248. The van der Waals surface area contributed by atoms with Crippen LogP contribution in [-0.2, 0) is 0 Å². The average Bonchev–Trinajstić information content (AvgIpc) is 2.63. The summed E-state index contributed by atoms with van der Waals surface area (Å²) in [4.78, 5) is 12.5. The van der Waals surface area contributed by atoms with E-state index in [1.54, 1.807) is 0 Å². The normalized spacial score (nSPS) is 29.1. The second-order valence-electron chi connectivity index (χ2n) is 6.96. The second-order valence-corrected chi connectivity index (χ2v) is 7.88. The van der Waals surface area contributed by atoms with Gasteiger partial charge in [0.15, 0.2) is 5.78 Å². The lowest BCUT2D eigenvalue weighted by Gasteiger charge is -2.37. The number of carbonyl (C=O) groups excluding carboxylic acids is 1. The third-order valence-corrected chi connectivity index (χ3v) is 5.67. The smallest absolute Gasteiger partial charge is 0.170 e. The Morgan fingerprint density at radius 3 is 2.86 bits per heavy atom. The molecule has 0 bridgehead atoms. The molecule has 0 saturated heterocycles. The van der Waals surface area contributed by atoms with Crippen molar-refractivity contribution in [2.45, 2.75) is 58.0 Å². The average molecular weight is 351 g/mol. The summed E-state index contributed by atoms with van der Waals surface area (Å²) in [5.74, 6) is 2.51. The van der Waals surface area contributed by atoms with Crippen LogP contribution in [0.5, 0.6) is 5.75 Å². The largest absolute Gasteiger partial charge is 0.486 e. The highest BCUT2D eigenvalue weighted by Gasteiger charge is 2.42. The Balaban J connectivity index is 1.84. The van der Waals surface area contributed by atoms with E-state index < -0.39 is 0 Å². The number of halogens is 1. The summed E-state index contributed by atoms with van der Waals surface area (Å²) < 4.78 is 7.29. The predicted molar refractivity (Wildman–Crippen MR) is 87.9 cm³/mol. The molecular weight excluding hydrogens is 328 g/mol. The Hall–Kier alpha value is -0.830. The van der Waals surface area contributed by atoms with E-state index in [1.165, 1.54) is 19.3 Å². The molecule has 1 aromatic rings. The van der Waals surface area contributed by atoms with Gasteiger partial charge in [-0.25, -0.2) is 0 Å². The van der Waals surface area contributed by atoms with E-state index in [-0.39, 0.29) is 11.4 Å². The summed E-state index contributed by atoms with van der Waals surface area (Å²) in [5, 5.41) is 0. The van der Waals surface area contributed by atoms with Crippen molar-refractivity contribution < 1.29 is 9.53 Å². The van der Waals surface area contributed by atoms with Crippen LogP contribution in [0.25, 0.3) is 0 Å². The van der Waals surface area contributed by atoms with Gasteiger partial charge in [0.25, 0.3) is 0 Å². The zero-order chi connectivity index (χ0) is 15.0. The molecule has 21 heavy (non-hydrogen) atoms. The molecule has 114 valence electrons. The molecule has 1 spiro atoms. The summed E-state index contributed by atoms with van der Waals surface area (Å²) in [6.07, 6.45) is 6.18. The molecule has 1 saturated carbocycles. The number of Topliss-reactive ketones (excluding diaryl/α,β-unsaturated/α-hetero) is 1. The van der Waals surface area contributed by atoms with Crippen LogP contribution in [0.15, 0.2) is 22.7 Å². The number of ketones is 1. The Morgan fingerprint density at radius 1 is 1.29 bits per heavy atom. The van der Waals surface area contributed by atoms with Gasteiger partial charge in [-0.3, -0.25) is 4.79 Å². The van der Waals surface area contributed by atoms with Gasteiger partial charge in [0.1, 0.15) is 11.4 Å². The van der Waals surface area contributed by atoms with Crippen LogP contribution in [0.3, 0.4) is 0 Å². The molecule has 2 unspecified atom stereocenters. The Kier molecular flexibility index (Phi) is 4.13. The fourth-order valence-corrected chi connectivity index (χ4v) is 4.18. The third-order valence-electron chi connectivity index (χ3n) is 5.17. The maximum Gasteiger partial charge on any atom is 0.170 e. The lowest BCUT2D eigenvalue weighted by Crippen LogP contribution is -2.41. The Morgan fingerprint density at radius 2 is 2.10 bits per heavy atom. The lowest BCUT2D eigenvalue weighted by atomic mass is 9.83. The van der Waals surface area contributed by atoms with E-state index in [4.69, 9.17) is 4.74 Å². The summed E-state index contributed by atoms with van der Waals surface area (Å²) >= 11 is 3.43. The third kappa shape index (κ3) is 3.03. The van der Waals surface area contributed by atoms with Crippen molar-refractivity contribution in [2.75, 3.05) is 0 Å². The molecule has 0 aromatic heterocycles. The van der Waals surface area contributed by atoms with Crippen LogP contribution in [0.2, 0.25) is 0 Å². The quantitative estimate of drug-likeness (QED) is 0.678. The predicted octanol–water partition coefficient (Wildman–Crippen LogP) is 5.39.